The van der Waals surface area contributed by atoms with Crippen molar-refractivity contribution in [2.24, 2.45) is 13.0 Å². The molecule has 3 aromatic rings. The van der Waals surface area contributed by atoms with Crippen molar-refractivity contribution in [3.05, 3.63) is 42.4 Å². The average molecular weight is 406 g/mol. The number of ether oxygens (including phenoxy) is 1. The number of rotatable bonds is 7. The number of carbonyl (C=O) groups excluding carboxylic acids is 2. The number of anilines is 3. The van der Waals surface area contributed by atoms with Gasteiger partial charge in [0.2, 0.25) is 5.91 Å². The summed E-state index contributed by atoms with van der Waals surface area (Å²) in [5.41, 5.74) is 2.40. The van der Waals surface area contributed by atoms with E-state index in [2.05, 4.69) is 25.7 Å². The summed E-state index contributed by atoms with van der Waals surface area (Å²) in [4.78, 5) is 32.7. The Morgan fingerprint density at radius 1 is 1.20 bits per heavy atom. The van der Waals surface area contributed by atoms with E-state index in [1.54, 1.807) is 31.2 Å². The molecule has 1 aliphatic rings. The number of methoxy groups -OCH3 is 1. The second-order valence-corrected chi connectivity index (χ2v) is 7.19. The predicted octanol–water partition coefficient (Wildman–Crippen LogP) is 3.18. The lowest BCUT2D eigenvalue weighted by molar-refractivity contribution is -0.114. The molecule has 4 rings (SSSR count). The molecule has 0 saturated heterocycles. The van der Waals surface area contributed by atoms with Gasteiger partial charge in [-0.2, -0.15) is 5.10 Å². The predicted molar refractivity (Wildman–Crippen MR) is 112 cm³/mol. The van der Waals surface area contributed by atoms with E-state index in [4.69, 9.17) is 4.74 Å². The minimum absolute atomic E-state index is 0.0323. The number of amides is 1. The van der Waals surface area contributed by atoms with E-state index in [1.165, 1.54) is 13.1 Å². The Bertz CT molecular complexity index is 1120. The number of aromatic nitrogens is 4. The van der Waals surface area contributed by atoms with Crippen molar-refractivity contribution in [1.29, 1.82) is 0 Å². The molecular weight excluding hydrogens is 384 g/mol. The third-order valence-electron chi connectivity index (χ3n) is 4.75. The van der Waals surface area contributed by atoms with Gasteiger partial charge in [-0.25, -0.2) is 9.97 Å². The van der Waals surface area contributed by atoms with Gasteiger partial charge in [-0.15, -0.1) is 0 Å². The number of hydrogen-bond acceptors (Lipinski definition) is 7. The Kier molecular flexibility index (Phi) is 5.18. The van der Waals surface area contributed by atoms with E-state index in [1.807, 2.05) is 18.2 Å². The third-order valence-corrected chi connectivity index (χ3v) is 4.75. The first kappa shape index (κ1) is 19.6. The molecule has 1 saturated carbocycles. The summed E-state index contributed by atoms with van der Waals surface area (Å²) in [5, 5.41) is 10.3. The summed E-state index contributed by atoms with van der Waals surface area (Å²) in [7, 11) is 3.36. The van der Waals surface area contributed by atoms with Crippen molar-refractivity contribution in [3.8, 4) is 17.1 Å². The van der Waals surface area contributed by atoms with Crippen LogP contribution in [0.3, 0.4) is 0 Å². The van der Waals surface area contributed by atoms with Gasteiger partial charge >= 0.3 is 0 Å². The zero-order chi connectivity index (χ0) is 21.3. The molecule has 30 heavy (non-hydrogen) atoms. The monoisotopic (exact) mass is 406 g/mol. The zero-order valence-electron chi connectivity index (χ0n) is 17.0. The van der Waals surface area contributed by atoms with Crippen LogP contribution in [0.25, 0.3) is 11.4 Å². The fourth-order valence-corrected chi connectivity index (χ4v) is 3.21. The molecule has 1 amide bonds. The molecule has 0 aliphatic heterocycles. The van der Waals surface area contributed by atoms with Crippen molar-refractivity contribution in [1.82, 2.24) is 19.7 Å². The first-order valence-corrected chi connectivity index (χ1v) is 9.58. The number of benzene rings is 1. The van der Waals surface area contributed by atoms with E-state index in [0.717, 1.165) is 12.8 Å². The fraction of sp³-hybridized carbons (Fsp3) is 0.286. The van der Waals surface area contributed by atoms with E-state index < -0.39 is 0 Å². The molecule has 1 aliphatic carbocycles. The molecule has 9 nitrogen and oxygen atoms in total. The van der Waals surface area contributed by atoms with Crippen LogP contribution in [0.4, 0.5) is 17.2 Å². The number of hydrogen-bond donors (Lipinski definition) is 2. The second kappa shape index (κ2) is 7.94. The lowest BCUT2D eigenvalue weighted by Crippen LogP contribution is -2.11. The Morgan fingerprint density at radius 2 is 2.00 bits per heavy atom. The number of Topliss-reactive ketones (excluding diaryl/α,β-unsaturated/α-hetero) is 1. The smallest absolute Gasteiger partial charge is 0.222 e. The molecule has 0 atom stereocenters. The molecule has 0 bridgehead atoms. The Hall–Kier alpha value is -3.75. The van der Waals surface area contributed by atoms with Crippen LogP contribution in [0.15, 0.2) is 36.8 Å². The average Bonchev–Trinajstić information content (AvgIpc) is 3.48. The Labute approximate surface area is 173 Å². The number of pyridine rings is 1. The lowest BCUT2D eigenvalue weighted by Gasteiger charge is -2.16. The van der Waals surface area contributed by atoms with Crippen LogP contribution in [0.5, 0.6) is 5.75 Å². The van der Waals surface area contributed by atoms with Gasteiger partial charge in [0.05, 0.1) is 29.6 Å². The molecule has 9 heteroatoms. The van der Waals surface area contributed by atoms with E-state index in [9.17, 15) is 9.59 Å². The minimum atomic E-state index is -0.240. The number of nitrogens with zero attached hydrogens (tertiary/aromatic N) is 4. The SMILES string of the molecule is COc1c(Nc2cc(NC(C)=O)ncc2C(=O)C2CC2)cccc1-c1ncn(C)n1. The van der Waals surface area contributed by atoms with Gasteiger partial charge < -0.3 is 15.4 Å². The van der Waals surface area contributed by atoms with E-state index in [0.29, 0.717) is 39.9 Å². The van der Waals surface area contributed by atoms with Gasteiger partial charge in [-0.3, -0.25) is 14.3 Å². The van der Waals surface area contributed by atoms with Gasteiger partial charge in [0, 0.05) is 32.2 Å². The van der Waals surface area contributed by atoms with Crippen LogP contribution in [0.1, 0.15) is 30.1 Å². The molecule has 1 aromatic carbocycles. The van der Waals surface area contributed by atoms with Crippen molar-refractivity contribution in [2.75, 3.05) is 17.7 Å². The van der Waals surface area contributed by atoms with Crippen molar-refractivity contribution < 1.29 is 14.3 Å². The topological polar surface area (TPSA) is 111 Å². The number of carbonyl (C=O) groups is 2. The van der Waals surface area contributed by atoms with Crippen molar-refractivity contribution in [3.63, 3.8) is 0 Å². The van der Waals surface area contributed by atoms with Gasteiger partial charge in [0.1, 0.15) is 12.1 Å². The summed E-state index contributed by atoms with van der Waals surface area (Å²) in [6.07, 6.45) is 4.89. The van der Waals surface area contributed by atoms with Crippen molar-refractivity contribution >= 4 is 28.9 Å². The summed E-state index contributed by atoms with van der Waals surface area (Å²) >= 11 is 0. The lowest BCUT2D eigenvalue weighted by atomic mass is 10.1. The second-order valence-electron chi connectivity index (χ2n) is 7.19. The zero-order valence-corrected chi connectivity index (χ0v) is 17.0. The number of para-hydroxylation sites is 1. The highest BCUT2D eigenvalue weighted by Crippen LogP contribution is 2.39. The Balaban J connectivity index is 1.75. The maximum absolute atomic E-state index is 12.8. The Morgan fingerprint density at radius 3 is 2.63 bits per heavy atom. The first-order valence-electron chi connectivity index (χ1n) is 9.58. The summed E-state index contributed by atoms with van der Waals surface area (Å²) < 4.78 is 7.26. The van der Waals surface area contributed by atoms with Crippen LogP contribution >= 0.6 is 0 Å². The van der Waals surface area contributed by atoms with Gasteiger partial charge in [0.15, 0.2) is 17.4 Å². The standard InChI is InChI=1S/C21H22N6O3/c1-12(28)24-18-9-17(15(10-22-18)19(29)13-7-8-13)25-16-6-4-5-14(20(16)30-3)21-23-11-27(2)26-21/h4-6,9-11,13H,7-8H2,1-3H3,(H2,22,24,25,28). The summed E-state index contributed by atoms with van der Waals surface area (Å²) in [5.74, 6) is 1.27. The molecule has 154 valence electrons. The van der Waals surface area contributed by atoms with Crippen LogP contribution in [-0.4, -0.2) is 38.5 Å². The van der Waals surface area contributed by atoms with Crippen LogP contribution < -0.4 is 15.4 Å². The highest BCUT2D eigenvalue weighted by atomic mass is 16.5. The molecule has 0 radical (unpaired) electrons. The molecule has 0 spiro atoms. The summed E-state index contributed by atoms with van der Waals surface area (Å²) in [6.45, 7) is 1.41. The first-order chi connectivity index (χ1) is 14.5. The highest BCUT2D eigenvalue weighted by Gasteiger charge is 2.32. The normalized spacial score (nSPS) is 13.0. The van der Waals surface area contributed by atoms with E-state index >= 15 is 0 Å². The van der Waals surface area contributed by atoms with Crippen LogP contribution in [-0.2, 0) is 11.8 Å². The van der Waals surface area contributed by atoms with E-state index in [-0.39, 0.29) is 17.6 Å². The van der Waals surface area contributed by atoms with Crippen molar-refractivity contribution in [2.45, 2.75) is 19.8 Å². The largest absolute Gasteiger partial charge is 0.494 e. The molecule has 2 heterocycles. The van der Waals surface area contributed by atoms with Crippen LogP contribution in [0, 0.1) is 5.92 Å². The molecule has 2 aromatic heterocycles. The van der Waals surface area contributed by atoms with Gasteiger partial charge in [-0.1, -0.05) is 6.07 Å². The fourth-order valence-electron chi connectivity index (χ4n) is 3.21. The number of aryl methyl sites for hydroxylation is 1. The molecule has 1 fully saturated rings. The molecular formula is C21H22N6O3. The number of ketones is 1. The van der Waals surface area contributed by atoms with Gasteiger partial charge in [-0.05, 0) is 25.0 Å². The highest BCUT2D eigenvalue weighted by molar-refractivity contribution is 6.05. The molecule has 0 unspecified atom stereocenters. The molecule has 2 N–H and O–H groups in total. The quantitative estimate of drug-likeness (QED) is 0.580. The summed E-state index contributed by atoms with van der Waals surface area (Å²) in [6, 6.07) is 7.22. The minimum Gasteiger partial charge on any atom is -0.494 e. The maximum Gasteiger partial charge on any atom is 0.222 e. The van der Waals surface area contributed by atoms with Crippen LogP contribution in [0.2, 0.25) is 0 Å². The van der Waals surface area contributed by atoms with Gasteiger partial charge in [0.25, 0.3) is 0 Å². The maximum atomic E-state index is 12.8. The third kappa shape index (κ3) is 4.00. The number of nitrogens with one attached hydrogen (secondary N) is 2.